The van der Waals surface area contributed by atoms with Gasteiger partial charge in [0.25, 0.3) is 6.43 Å². The van der Waals surface area contributed by atoms with E-state index >= 15 is 0 Å². The molecule has 2 aromatic rings. The summed E-state index contributed by atoms with van der Waals surface area (Å²) in [5.74, 6) is 0. The summed E-state index contributed by atoms with van der Waals surface area (Å²) in [5, 5.41) is 4.08. The molecule has 4 heteroatoms. The van der Waals surface area contributed by atoms with Crippen molar-refractivity contribution in [1.29, 1.82) is 0 Å². The second-order valence-electron chi connectivity index (χ2n) is 5.12. The van der Waals surface area contributed by atoms with Gasteiger partial charge in [-0.15, -0.1) is 0 Å². The van der Waals surface area contributed by atoms with E-state index in [0.29, 0.717) is 5.56 Å². The van der Waals surface area contributed by atoms with Gasteiger partial charge < -0.3 is 0 Å². The van der Waals surface area contributed by atoms with E-state index in [1.807, 2.05) is 6.07 Å². The van der Waals surface area contributed by atoms with Crippen LogP contribution in [0.5, 0.6) is 0 Å². The van der Waals surface area contributed by atoms with Gasteiger partial charge in [0, 0.05) is 24.4 Å². The van der Waals surface area contributed by atoms with E-state index in [9.17, 15) is 8.78 Å². The fourth-order valence-corrected chi connectivity index (χ4v) is 2.80. The van der Waals surface area contributed by atoms with Crippen LogP contribution in [0.1, 0.15) is 36.0 Å². The van der Waals surface area contributed by atoms with Gasteiger partial charge in [-0.2, -0.15) is 5.10 Å². The van der Waals surface area contributed by atoms with E-state index in [-0.39, 0.29) is 5.56 Å². The van der Waals surface area contributed by atoms with Gasteiger partial charge in [-0.05, 0) is 48.4 Å². The molecule has 0 amide bonds. The Bertz CT molecular complexity index is 602. The van der Waals surface area contributed by atoms with Gasteiger partial charge in [-0.1, -0.05) is 6.07 Å². The van der Waals surface area contributed by atoms with Crippen LogP contribution in [0.15, 0.2) is 24.5 Å². The zero-order valence-electron chi connectivity index (χ0n) is 10.9. The number of halogens is 2. The van der Waals surface area contributed by atoms with Gasteiger partial charge in [0.15, 0.2) is 0 Å². The van der Waals surface area contributed by atoms with E-state index in [0.717, 1.165) is 36.8 Å². The van der Waals surface area contributed by atoms with Crippen molar-refractivity contribution in [3.63, 3.8) is 0 Å². The number of hydrogen-bond acceptors (Lipinski definition) is 1. The fraction of sp³-hybridized carbons (Fsp3) is 0.400. The van der Waals surface area contributed by atoms with Crippen molar-refractivity contribution in [3.8, 4) is 11.1 Å². The molecule has 0 spiro atoms. The van der Waals surface area contributed by atoms with Gasteiger partial charge in [0.2, 0.25) is 0 Å². The van der Waals surface area contributed by atoms with Crippen molar-refractivity contribution in [2.24, 2.45) is 7.05 Å². The maximum absolute atomic E-state index is 13.3. The molecular weight excluding hydrogens is 246 g/mol. The van der Waals surface area contributed by atoms with E-state index in [2.05, 4.69) is 5.10 Å². The normalized spacial score (nSPS) is 14.7. The molecule has 0 fully saturated rings. The van der Waals surface area contributed by atoms with Crippen LogP contribution in [0.25, 0.3) is 11.1 Å². The first-order chi connectivity index (χ1) is 9.15. The van der Waals surface area contributed by atoms with Gasteiger partial charge >= 0.3 is 0 Å². The lowest BCUT2D eigenvalue weighted by Gasteiger charge is -2.19. The van der Waals surface area contributed by atoms with Gasteiger partial charge in [0.05, 0.1) is 6.20 Å². The molecule has 0 saturated carbocycles. The summed E-state index contributed by atoms with van der Waals surface area (Å²) < 4.78 is 28.2. The van der Waals surface area contributed by atoms with Crippen molar-refractivity contribution >= 4 is 0 Å². The number of hydrogen-bond donors (Lipinski definition) is 0. The van der Waals surface area contributed by atoms with Crippen LogP contribution >= 0.6 is 0 Å². The molecule has 0 radical (unpaired) electrons. The highest BCUT2D eigenvalue weighted by Gasteiger charge is 2.20. The summed E-state index contributed by atoms with van der Waals surface area (Å²) in [6, 6.07) is 3.63. The van der Waals surface area contributed by atoms with Crippen molar-refractivity contribution in [2.75, 3.05) is 0 Å². The largest absolute Gasteiger partial charge is 0.275 e. The van der Waals surface area contributed by atoms with E-state index in [1.54, 1.807) is 30.2 Å². The van der Waals surface area contributed by atoms with Gasteiger partial charge in [-0.25, -0.2) is 8.78 Å². The molecule has 100 valence electrons. The number of benzene rings is 1. The molecular formula is C15H16F2N2. The van der Waals surface area contributed by atoms with E-state index in [1.165, 1.54) is 5.56 Å². The molecule has 0 atom stereocenters. The van der Waals surface area contributed by atoms with Gasteiger partial charge in [0.1, 0.15) is 0 Å². The molecule has 0 unspecified atom stereocenters. The molecule has 1 heterocycles. The third-order valence-electron chi connectivity index (χ3n) is 3.76. The average molecular weight is 262 g/mol. The molecule has 0 N–H and O–H groups in total. The average Bonchev–Trinajstić information content (AvgIpc) is 2.83. The number of alkyl halides is 2. The minimum atomic E-state index is -2.44. The maximum atomic E-state index is 13.3. The summed E-state index contributed by atoms with van der Waals surface area (Å²) in [5.41, 5.74) is 3.84. The standard InChI is InChI=1S/C15H16F2N2/c1-19-9-12(8-18-19)13-6-10-4-2-3-5-11(10)7-14(13)15(16)17/h6-9,15H,2-5H2,1H3. The number of rotatable bonds is 2. The van der Waals surface area contributed by atoms with Crippen molar-refractivity contribution in [2.45, 2.75) is 32.1 Å². The number of aromatic nitrogens is 2. The molecule has 0 bridgehead atoms. The van der Waals surface area contributed by atoms with E-state index in [4.69, 9.17) is 0 Å². The summed E-state index contributed by atoms with van der Waals surface area (Å²) in [4.78, 5) is 0. The van der Waals surface area contributed by atoms with Crippen molar-refractivity contribution in [3.05, 3.63) is 41.2 Å². The Balaban J connectivity index is 2.16. The highest BCUT2D eigenvalue weighted by molar-refractivity contribution is 5.68. The third-order valence-corrected chi connectivity index (χ3v) is 3.76. The Kier molecular flexibility index (Phi) is 3.09. The molecule has 3 rings (SSSR count). The first-order valence-corrected chi connectivity index (χ1v) is 6.58. The number of fused-ring (bicyclic) bond motifs is 1. The highest BCUT2D eigenvalue weighted by Crippen LogP contribution is 2.35. The number of nitrogens with zero attached hydrogens (tertiary/aromatic N) is 2. The van der Waals surface area contributed by atoms with Gasteiger partial charge in [-0.3, -0.25) is 4.68 Å². The number of aryl methyl sites for hydroxylation is 3. The third kappa shape index (κ3) is 2.27. The Morgan fingerprint density at radius 1 is 1.16 bits per heavy atom. The lowest BCUT2D eigenvalue weighted by atomic mass is 9.87. The van der Waals surface area contributed by atoms with Crippen molar-refractivity contribution in [1.82, 2.24) is 9.78 Å². The smallest absolute Gasteiger partial charge is 0.264 e. The Hall–Kier alpha value is -1.71. The summed E-state index contributed by atoms with van der Waals surface area (Å²) >= 11 is 0. The lowest BCUT2D eigenvalue weighted by molar-refractivity contribution is 0.152. The summed E-state index contributed by atoms with van der Waals surface area (Å²) in [7, 11) is 1.80. The molecule has 0 aliphatic heterocycles. The minimum Gasteiger partial charge on any atom is -0.275 e. The molecule has 1 aromatic carbocycles. The van der Waals surface area contributed by atoms with Crippen LogP contribution in [-0.2, 0) is 19.9 Å². The summed E-state index contributed by atoms with van der Waals surface area (Å²) in [6.07, 6.45) is 5.15. The Labute approximate surface area is 111 Å². The van der Waals surface area contributed by atoms with Crippen LogP contribution in [0.3, 0.4) is 0 Å². The highest BCUT2D eigenvalue weighted by atomic mass is 19.3. The molecule has 1 aliphatic rings. The second-order valence-corrected chi connectivity index (χ2v) is 5.12. The zero-order valence-corrected chi connectivity index (χ0v) is 10.9. The van der Waals surface area contributed by atoms with Crippen LogP contribution in [0.4, 0.5) is 8.78 Å². The zero-order chi connectivity index (χ0) is 13.4. The first kappa shape index (κ1) is 12.3. The second kappa shape index (κ2) is 4.76. The SMILES string of the molecule is Cn1cc(-c2cc3c(cc2C(F)F)CCCC3)cn1. The van der Waals surface area contributed by atoms with Crippen LogP contribution < -0.4 is 0 Å². The monoisotopic (exact) mass is 262 g/mol. The fourth-order valence-electron chi connectivity index (χ4n) is 2.80. The first-order valence-electron chi connectivity index (χ1n) is 6.58. The molecule has 19 heavy (non-hydrogen) atoms. The van der Waals surface area contributed by atoms with Crippen molar-refractivity contribution < 1.29 is 8.78 Å². The lowest BCUT2D eigenvalue weighted by Crippen LogP contribution is -2.05. The minimum absolute atomic E-state index is 0.133. The molecule has 2 nitrogen and oxygen atoms in total. The van der Waals surface area contributed by atoms with Crippen LogP contribution in [0.2, 0.25) is 0 Å². The van der Waals surface area contributed by atoms with E-state index < -0.39 is 6.43 Å². The predicted octanol–water partition coefficient (Wildman–Crippen LogP) is 3.90. The molecule has 0 saturated heterocycles. The topological polar surface area (TPSA) is 17.8 Å². The Morgan fingerprint density at radius 3 is 2.42 bits per heavy atom. The van der Waals surface area contributed by atoms with Crippen LogP contribution in [0, 0.1) is 0 Å². The van der Waals surface area contributed by atoms with Crippen LogP contribution in [-0.4, -0.2) is 9.78 Å². The molecule has 1 aliphatic carbocycles. The molecule has 1 aromatic heterocycles. The maximum Gasteiger partial charge on any atom is 0.264 e. The quantitative estimate of drug-likeness (QED) is 0.802. The predicted molar refractivity (Wildman–Crippen MR) is 70.2 cm³/mol. The summed E-state index contributed by atoms with van der Waals surface area (Å²) in [6.45, 7) is 0. The Morgan fingerprint density at radius 2 is 1.84 bits per heavy atom.